The normalized spacial score (nSPS) is 14.8. The number of amides is 1. The second kappa shape index (κ2) is 7.36. The molecule has 3 rings (SSSR count). The van der Waals surface area contributed by atoms with Crippen molar-refractivity contribution in [3.8, 4) is 11.3 Å². The van der Waals surface area contributed by atoms with E-state index < -0.39 is 0 Å². The van der Waals surface area contributed by atoms with Crippen LogP contribution < -0.4 is 5.32 Å². The van der Waals surface area contributed by atoms with E-state index in [4.69, 9.17) is 0 Å². The minimum Gasteiger partial charge on any atom is -0.326 e. The van der Waals surface area contributed by atoms with Crippen molar-refractivity contribution in [2.75, 3.05) is 5.32 Å². The molecule has 1 aromatic carbocycles. The third-order valence-electron chi connectivity index (χ3n) is 4.47. The number of rotatable bonds is 5. The predicted molar refractivity (Wildman–Crippen MR) is 92.0 cm³/mol. The lowest BCUT2D eigenvalue weighted by Crippen LogP contribution is -2.12. The van der Waals surface area contributed by atoms with Gasteiger partial charge in [-0.2, -0.15) is 0 Å². The van der Waals surface area contributed by atoms with Crippen molar-refractivity contribution in [2.24, 2.45) is 5.92 Å². The van der Waals surface area contributed by atoms with Gasteiger partial charge in [-0.25, -0.2) is 9.97 Å². The van der Waals surface area contributed by atoms with Crippen LogP contribution in [0.25, 0.3) is 11.3 Å². The average molecular weight is 309 g/mol. The summed E-state index contributed by atoms with van der Waals surface area (Å²) >= 11 is 0. The van der Waals surface area contributed by atoms with E-state index in [0.717, 1.165) is 35.1 Å². The fourth-order valence-corrected chi connectivity index (χ4v) is 3.23. The van der Waals surface area contributed by atoms with E-state index >= 15 is 0 Å². The Kier molecular flexibility index (Phi) is 5.01. The Balaban J connectivity index is 1.61. The Morgan fingerprint density at radius 3 is 2.87 bits per heavy atom. The monoisotopic (exact) mass is 309 g/mol. The molecular weight excluding hydrogens is 286 g/mol. The van der Waals surface area contributed by atoms with Crippen molar-refractivity contribution in [1.29, 1.82) is 0 Å². The smallest absolute Gasteiger partial charge is 0.224 e. The van der Waals surface area contributed by atoms with Crippen molar-refractivity contribution in [2.45, 2.75) is 45.4 Å². The first-order valence-corrected chi connectivity index (χ1v) is 8.40. The molecule has 4 nitrogen and oxygen atoms in total. The fourth-order valence-electron chi connectivity index (χ4n) is 3.23. The lowest BCUT2D eigenvalue weighted by Gasteiger charge is -2.10. The summed E-state index contributed by atoms with van der Waals surface area (Å²) < 4.78 is 0. The molecule has 23 heavy (non-hydrogen) atoms. The van der Waals surface area contributed by atoms with Gasteiger partial charge in [-0.3, -0.25) is 4.79 Å². The van der Waals surface area contributed by atoms with Gasteiger partial charge in [0.25, 0.3) is 0 Å². The number of carbonyl (C=O) groups excluding carboxylic acids is 1. The molecule has 0 atom stereocenters. The molecule has 1 amide bonds. The van der Waals surface area contributed by atoms with Gasteiger partial charge in [-0.1, -0.05) is 37.8 Å². The standard InChI is InChI=1S/C19H23N3O/c1-14-20-12-11-18(21-14)16-7-4-8-17(13-16)22-19(23)10-9-15-5-2-3-6-15/h4,7-8,11-13,15H,2-3,5-6,9-10H2,1H3,(H,22,23). The Morgan fingerprint density at radius 2 is 2.09 bits per heavy atom. The quantitative estimate of drug-likeness (QED) is 0.892. The Morgan fingerprint density at radius 1 is 1.26 bits per heavy atom. The molecule has 1 saturated carbocycles. The number of aromatic nitrogens is 2. The molecule has 1 N–H and O–H groups in total. The number of hydrogen-bond acceptors (Lipinski definition) is 3. The van der Waals surface area contributed by atoms with E-state index in [1.54, 1.807) is 6.20 Å². The van der Waals surface area contributed by atoms with Gasteiger partial charge in [-0.05, 0) is 37.5 Å². The summed E-state index contributed by atoms with van der Waals surface area (Å²) in [5.74, 6) is 1.59. The number of carbonyl (C=O) groups is 1. The summed E-state index contributed by atoms with van der Waals surface area (Å²) in [6.45, 7) is 1.87. The van der Waals surface area contributed by atoms with Crippen LogP contribution in [0.5, 0.6) is 0 Å². The van der Waals surface area contributed by atoms with E-state index in [1.165, 1.54) is 25.7 Å². The molecule has 0 spiro atoms. The van der Waals surface area contributed by atoms with Crippen LogP contribution >= 0.6 is 0 Å². The van der Waals surface area contributed by atoms with E-state index in [1.807, 2.05) is 37.3 Å². The van der Waals surface area contributed by atoms with E-state index in [-0.39, 0.29) is 5.91 Å². The first-order valence-electron chi connectivity index (χ1n) is 8.40. The van der Waals surface area contributed by atoms with Crippen LogP contribution in [-0.2, 0) is 4.79 Å². The highest BCUT2D eigenvalue weighted by atomic mass is 16.1. The van der Waals surface area contributed by atoms with Gasteiger partial charge in [0.15, 0.2) is 0 Å². The van der Waals surface area contributed by atoms with Gasteiger partial charge in [0.05, 0.1) is 5.69 Å². The molecule has 0 saturated heterocycles. The topological polar surface area (TPSA) is 54.9 Å². The number of benzene rings is 1. The fraction of sp³-hybridized carbons (Fsp3) is 0.421. The van der Waals surface area contributed by atoms with Gasteiger partial charge in [-0.15, -0.1) is 0 Å². The Bertz CT molecular complexity index is 678. The third-order valence-corrected chi connectivity index (χ3v) is 4.47. The summed E-state index contributed by atoms with van der Waals surface area (Å²) in [4.78, 5) is 20.7. The van der Waals surface area contributed by atoms with Crippen LogP contribution in [0.1, 0.15) is 44.3 Å². The first-order chi connectivity index (χ1) is 11.2. The van der Waals surface area contributed by atoms with Crippen molar-refractivity contribution >= 4 is 11.6 Å². The lowest BCUT2D eigenvalue weighted by molar-refractivity contribution is -0.116. The highest BCUT2D eigenvalue weighted by Crippen LogP contribution is 2.28. The summed E-state index contributed by atoms with van der Waals surface area (Å²) in [5, 5.41) is 3.01. The molecule has 1 aliphatic rings. The zero-order chi connectivity index (χ0) is 16.1. The maximum atomic E-state index is 12.1. The van der Waals surface area contributed by atoms with Gasteiger partial charge in [0.1, 0.15) is 5.82 Å². The number of nitrogens with zero attached hydrogens (tertiary/aromatic N) is 2. The molecule has 2 aromatic rings. The minimum atomic E-state index is 0.105. The molecule has 1 aliphatic carbocycles. The summed E-state index contributed by atoms with van der Waals surface area (Å²) in [6.07, 6.45) is 8.60. The van der Waals surface area contributed by atoms with Crippen LogP contribution in [0.15, 0.2) is 36.5 Å². The third kappa shape index (κ3) is 4.38. The second-order valence-corrected chi connectivity index (χ2v) is 6.31. The first kappa shape index (κ1) is 15.7. The molecule has 1 fully saturated rings. The van der Waals surface area contributed by atoms with Crippen molar-refractivity contribution in [1.82, 2.24) is 9.97 Å². The average Bonchev–Trinajstić information content (AvgIpc) is 3.07. The van der Waals surface area contributed by atoms with Crippen molar-refractivity contribution in [3.63, 3.8) is 0 Å². The molecular formula is C19H23N3O. The summed E-state index contributed by atoms with van der Waals surface area (Å²) in [6, 6.07) is 9.71. The van der Waals surface area contributed by atoms with Crippen LogP contribution in [0, 0.1) is 12.8 Å². The largest absolute Gasteiger partial charge is 0.326 e. The summed E-state index contributed by atoms with van der Waals surface area (Å²) in [7, 11) is 0. The minimum absolute atomic E-state index is 0.105. The molecule has 0 unspecified atom stereocenters. The molecule has 0 aliphatic heterocycles. The molecule has 1 aromatic heterocycles. The number of hydrogen-bond donors (Lipinski definition) is 1. The zero-order valence-electron chi connectivity index (χ0n) is 13.6. The Hall–Kier alpha value is -2.23. The van der Waals surface area contributed by atoms with Crippen LogP contribution in [-0.4, -0.2) is 15.9 Å². The predicted octanol–water partition coefficient (Wildman–Crippen LogP) is 4.36. The van der Waals surface area contributed by atoms with Gasteiger partial charge in [0, 0.05) is 23.9 Å². The second-order valence-electron chi connectivity index (χ2n) is 6.31. The van der Waals surface area contributed by atoms with E-state index in [2.05, 4.69) is 15.3 Å². The highest BCUT2D eigenvalue weighted by Gasteiger charge is 2.16. The molecule has 1 heterocycles. The number of anilines is 1. The highest BCUT2D eigenvalue weighted by molar-refractivity contribution is 5.91. The van der Waals surface area contributed by atoms with E-state index in [9.17, 15) is 4.79 Å². The molecule has 0 radical (unpaired) electrons. The van der Waals surface area contributed by atoms with Gasteiger partial charge in [0.2, 0.25) is 5.91 Å². The molecule has 120 valence electrons. The Labute approximate surface area is 137 Å². The molecule has 0 bridgehead atoms. The van der Waals surface area contributed by atoms with Crippen molar-refractivity contribution in [3.05, 3.63) is 42.4 Å². The molecule has 4 heteroatoms. The van der Waals surface area contributed by atoms with Crippen LogP contribution in [0.2, 0.25) is 0 Å². The van der Waals surface area contributed by atoms with Gasteiger partial charge < -0.3 is 5.32 Å². The number of nitrogens with one attached hydrogen (secondary N) is 1. The maximum absolute atomic E-state index is 12.1. The van der Waals surface area contributed by atoms with E-state index in [0.29, 0.717) is 6.42 Å². The van der Waals surface area contributed by atoms with Crippen molar-refractivity contribution < 1.29 is 4.79 Å². The lowest BCUT2D eigenvalue weighted by atomic mass is 10.0. The van der Waals surface area contributed by atoms with Gasteiger partial charge >= 0.3 is 0 Å². The maximum Gasteiger partial charge on any atom is 0.224 e. The van der Waals surface area contributed by atoms with Crippen LogP contribution in [0.3, 0.4) is 0 Å². The summed E-state index contributed by atoms with van der Waals surface area (Å²) in [5.41, 5.74) is 2.69. The zero-order valence-corrected chi connectivity index (χ0v) is 13.6. The SMILES string of the molecule is Cc1nccc(-c2cccc(NC(=O)CCC3CCCC3)c2)n1. The number of aryl methyl sites for hydroxylation is 1. The van der Waals surface area contributed by atoms with Crippen LogP contribution in [0.4, 0.5) is 5.69 Å².